The second-order valence-corrected chi connectivity index (χ2v) is 20.4. The predicted molar refractivity (Wildman–Crippen MR) is 262 cm³/mol. The molecule has 5 N–H and O–H groups in total. The average molecular weight is 958 g/mol. The number of hydrogen-bond donors (Lipinski definition) is 5. The maximum Gasteiger partial charge on any atom is 0.404 e. The molecule has 1 fully saturated rings. The number of aryl methyl sites for hydroxylation is 3. The highest BCUT2D eigenvalue weighted by molar-refractivity contribution is 7.15. The second-order valence-electron chi connectivity index (χ2n) is 18.4. The van der Waals surface area contributed by atoms with Crippen LogP contribution in [-0.2, 0) is 14.4 Å². The molecular weight excluding hydrogens is 903 g/mol. The Morgan fingerprint density at radius 1 is 0.882 bits per heavy atom. The number of nitrogens with zero attached hydrogens (tertiary/aromatic N) is 6. The van der Waals surface area contributed by atoms with Crippen molar-refractivity contribution < 1.29 is 34.1 Å². The van der Waals surface area contributed by atoms with E-state index in [2.05, 4.69) is 45.0 Å². The zero-order chi connectivity index (χ0) is 48.6. The number of β-amino-alcohol motifs (C(OH)–C–C–N with tert-alkyl or cyclic N) is 1. The molecule has 5 heterocycles. The fourth-order valence-electron chi connectivity index (χ4n) is 8.64. The van der Waals surface area contributed by atoms with Crippen LogP contribution in [0.4, 0.5) is 4.79 Å². The molecule has 3 aromatic heterocycles. The first-order chi connectivity index (χ1) is 32.4. The first kappa shape index (κ1) is 47.7. The van der Waals surface area contributed by atoms with Crippen LogP contribution in [-0.4, -0.2) is 102 Å². The van der Waals surface area contributed by atoms with Crippen molar-refractivity contribution in [3.8, 4) is 32.3 Å². The van der Waals surface area contributed by atoms with E-state index in [0.29, 0.717) is 17.4 Å². The van der Waals surface area contributed by atoms with Crippen molar-refractivity contribution in [1.29, 1.82) is 0 Å². The number of thiophene rings is 1. The third-order valence-electron chi connectivity index (χ3n) is 12.5. The van der Waals surface area contributed by atoms with Gasteiger partial charge in [-0.3, -0.25) is 23.9 Å². The van der Waals surface area contributed by atoms with Crippen LogP contribution in [0, 0.1) is 33.1 Å². The van der Waals surface area contributed by atoms with Crippen molar-refractivity contribution in [3.63, 3.8) is 0 Å². The second kappa shape index (κ2) is 19.5. The number of likely N-dealkylation sites (tertiary alicyclic amines) is 1. The van der Waals surface area contributed by atoms with Crippen LogP contribution in [0.1, 0.15) is 90.7 Å². The van der Waals surface area contributed by atoms with Gasteiger partial charge in [-0.1, -0.05) is 81.4 Å². The number of aliphatic imine (C=N–C) groups is 1. The minimum absolute atomic E-state index is 0.0315. The number of nitrogens with one attached hydrogen (secondary N) is 3. The Morgan fingerprint density at radius 2 is 1.53 bits per heavy atom. The third kappa shape index (κ3) is 9.93. The van der Waals surface area contributed by atoms with Gasteiger partial charge in [-0.25, -0.2) is 9.78 Å². The number of fused-ring (bicyclic) bond motifs is 3. The van der Waals surface area contributed by atoms with Gasteiger partial charge in [0.15, 0.2) is 12.4 Å². The number of carbonyl (C=O) groups excluding carboxylic acids is 3. The number of rotatable bonds is 13. The molecule has 0 saturated carbocycles. The lowest BCUT2D eigenvalue weighted by Crippen LogP contribution is -2.58. The Labute approximate surface area is 402 Å². The lowest BCUT2D eigenvalue weighted by atomic mass is 9.85. The number of benzene rings is 3. The molecule has 18 heteroatoms. The van der Waals surface area contributed by atoms with Gasteiger partial charge in [0.1, 0.15) is 34.7 Å². The Morgan fingerprint density at radius 3 is 2.16 bits per heavy atom. The Kier molecular flexibility index (Phi) is 13.7. The Balaban J connectivity index is 0.903. The van der Waals surface area contributed by atoms with Gasteiger partial charge >= 0.3 is 6.09 Å². The summed E-state index contributed by atoms with van der Waals surface area (Å²) >= 11 is 3.19. The molecule has 6 aromatic rings. The van der Waals surface area contributed by atoms with Gasteiger partial charge in [-0.05, 0) is 80.0 Å². The Bertz CT molecular complexity index is 2880. The van der Waals surface area contributed by atoms with Crippen LogP contribution >= 0.6 is 22.7 Å². The summed E-state index contributed by atoms with van der Waals surface area (Å²) in [5, 5.41) is 38.1. The van der Waals surface area contributed by atoms with E-state index in [4.69, 9.17) is 9.73 Å². The molecule has 2 aliphatic heterocycles. The van der Waals surface area contributed by atoms with Crippen LogP contribution in [0.2, 0.25) is 0 Å². The lowest BCUT2D eigenvalue weighted by Gasteiger charge is -2.35. The van der Waals surface area contributed by atoms with Crippen molar-refractivity contribution in [2.24, 2.45) is 10.4 Å². The molecule has 0 aliphatic carbocycles. The van der Waals surface area contributed by atoms with E-state index in [1.54, 1.807) is 34.8 Å². The highest BCUT2D eigenvalue weighted by Crippen LogP contribution is 2.39. The molecule has 4 amide bonds. The number of thiazole rings is 1. The molecule has 0 radical (unpaired) electrons. The summed E-state index contributed by atoms with van der Waals surface area (Å²) in [6.45, 7) is 15.0. The summed E-state index contributed by atoms with van der Waals surface area (Å²) in [6.07, 6.45) is -1.97. The van der Waals surface area contributed by atoms with Crippen LogP contribution in [0.5, 0.6) is 5.75 Å². The van der Waals surface area contributed by atoms with Gasteiger partial charge in [0.2, 0.25) is 11.8 Å². The highest BCUT2D eigenvalue weighted by Gasteiger charge is 2.45. The molecule has 0 bridgehead atoms. The van der Waals surface area contributed by atoms with Crippen molar-refractivity contribution in [2.45, 2.75) is 92.1 Å². The number of hydrogen-bond acceptors (Lipinski definition) is 12. The maximum atomic E-state index is 14.2. The number of carbonyl (C=O) groups is 4. The van der Waals surface area contributed by atoms with Gasteiger partial charge in [-0.2, -0.15) is 0 Å². The molecule has 1 saturated heterocycles. The first-order valence-electron chi connectivity index (χ1n) is 22.4. The molecule has 5 atom stereocenters. The minimum atomic E-state index is -1.15. The van der Waals surface area contributed by atoms with E-state index >= 15 is 0 Å². The van der Waals surface area contributed by atoms with Gasteiger partial charge in [0.25, 0.3) is 5.91 Å². The van der Waals surface area contributed by atoms with Crippen LogP contribution in [0.3, 0.4) is 0 Å². The number of aromatic nitrogens is 4. The van der Waals surface area contributed by atoms with Crippen LogP contribution in [0.25, 0.3) is 26.6 Å². The van der Waals surface area contributed by atoms with E-state index in [1.807, 2.05) is 112 Å². The van der Waals surface area contributed by atoms with Gasteiger partial charge in [0, 0.05) is 29.0 Å². The highest BCUT2D eigenvalue weighted by atomic mass is 32.1. The van der Waals surface area contributed by atoms with Crippen LogP contribution in [0.15, 0.2) is 83.3 Å². The van der Waals surface area contributed by atoms with Gasteiger partial charge < -0.3 is 35.8 Å². The standard InChI is InChI=1S/C50H55N9O7S2/c1-26-29(4)68-48-41(26)42(54-38(22-51-49(64)65)45-57-56-30(5)59(45)48)34-13-11-32(12-14-34)33-17-19-37(20-18-33)66-24-40(61)55-44(50(6,7)8)47(63)58-23-36(60)21-39(58)46(62)53-27(2)31-9-15-35(16-10-31)43-28(3)52-25-67-43/h9-20,25,27,36,38-39,44,51,60H,21-24H2,1-8H3,(H,53,62)(H,55,61)(H,64,65)/t27-,36+,38?,39-,44+/m0/s1. The maximum absolute atomic E-state index is 14.2. The third-order valence-corrected chi connectivity index (χ3v) is 14.6. The monoisotopic (exact) mass is 957 g/mol. The smallest absolute Gasteiger partial charge is 0.404 e. The number of ether oxygens (including phenoxy) is 1. The summed E-state index contributed by atoms with van der Waals surface area (Å²) in [7, 11) is 0. The predicted octanol–water partition coefficient (Wildman–Crippen LogP) is 7.26. The van der Waals surface area contributed by atoms with E-state index in [9.17, 15) is 29.4 Å². The van der Waals surface area contributed by atoms with E-state index in [0.717, 1.165) is 65.1 Å². The fourth-order valence-corrected chi connectivity index (χ4v) is 10.7. The molecule has 8 rings (SSSR count). The largest absolute Gasteiger partial charge is 0.484 e. The number of amides is 4. The van der Waals surface area contributed by atoms with E-state index < -0.39 is 47.6 Å². The zero-order valence-electron chi connectivity index (χ0n) is 39.2. The topological polar surface area (TPSA) is 213 Å². The summed E-state index contributed by atoms with van der Waals surface area (Å²) in [5.41, 5.74) is 9.43. The lowest BCUT2D eigenvalue weighted by molar-refractivity contribution is -0.144. The number of aliphatic hydroxyl groups is 1. The SMILES string of the molecule is Cc1ncsc1-c1ccc([C@H](C)NC(=O)[C@@H]2C[C@@H](O)CN2C(=O)[C@@H](NC(=O)COc2ccc(-c3ccc(C4=NC(CNC(=O)O)c5nnc(C)n5-c5sc(C)c(C)c54)cc3)cc2)C(C)(C)C)cc1. The average Bonchev–Trinajstić information content (AvgIpc) is 4.08. The molecule has 354 valence electrons. The molecule has 2 aliphatic rings. The number of carboxylic acid groups (broad SMARTS) is 1. The summed E-state index contributed by atoms with van der Waals surface area (Å²) in [4.78, 5) is 65.9. The Hall–Kier alpha value is -6.76. The summed E-state index contributed by atoms with van der Waals surface area (Å²) in [5.74, 6) is 0.349. The van der Waals surface area contributed by atoms with Crippen molar-refractivity contribution in [1.82, 2.24) is 40.6 Å². The van der Waals surface area contributed by atoms with Gasteiger partial charge in [-0.15, -0.1) is 32.9 Å². The van der Waals surface area contributed by atoms with Crippen molar-refractivity contribution >= 4 is 52.2 Å². The molecule has 16 nitrogen and oxygen atoms in total. The molecule has 3 aromatic carbocycles. The molecule has 1 unspecified atom stereocenters. The van der Waals surface area contributed by atoms with Gasteiger partial charge in [0.05, 0.1) is 40.5 Å². The zero-order valence-corrected chi connectivity index (χ0v) is 40.8. The normalized spacial score (nSPS) is 17.6. The van der Waals surface area contributed by atoms with Crippen molar-refractivity contribution in [2.75, 3.05) is 19.7 Å². The molecular formula is C50H55N9O7S2. The molecule has 68 heavy (non-hydrogen) atoms. The molecule has 0 spiro atoms. The van der Waals surface area contributed by atoms with Crippen molar-refractivity contribution in [3.05, 3.63) is 123 Å². The van der Waals surface area contributed by atoms with E-state index in [-0.39, 0.29) is 38.1 Å². The summed E-state index contributed by atoms with van der Waals surface area (Å²) < 4.78 is 7.87. The quantitative estimate of drug-likeness (QED) is 0.0782. The minimum Gasteiger partial charge on any atom is -0.484 e. The first-order valence-corrected chi connectivity index (χ1v) is 24.1. The number of aliphatic hydroxyl groups excluding tert-OH is 1. The van der Waals surface area contributed by atoms with E-state index in [1.165, 1.54) is 4.90 Å². The summed E-state index contributed by atoms with van der Waals surface area (Å²) in [6, 6.07) is 20.3. The van der Waals surface area contributed by atoms with Crippen LogP contribution < -0.4 is 20.7 Å². The fraction of sp³-hybridized carbons (Fsp3) is 0.360.